The molecule has 0 bridgehead atoms. The Morgan fingerprint density at radius 2 is 1.71 bits per heavy atom. The summed E-state index contributed by atoms with van der Waals surface area (Å²) in [4.78, 5) is 11.8. The number of esters is 1. The van der Waals surface area contributed by atoms with E-state index in [1.165, 1.54) is 17.9 Å². The average Bonchev–Trinajstić information content (AvgIpc) is 2.81. The molecule has 0 saturated heterocycles. The molecule has 21 heavy (non-hydrogen) atoms. The van der Waals surface area contributed by atoms with Crippen LogP contribution in [-0.2, 0) is 4.74 Å². The first-order valence-corrected chi connectivity index (χ1v) is 6.88. The van der Waals surface area contributed by atoms with Gasteiger partial charge in [0.05, 0.1) is 12.7 Å². The Bertz CT molecular complexity index is 830. The Morgan fingerprint density at radius 3 is 2.43 bits per heavy atom. The first-order valence-electron chi connectivity index (χ1n) is 6.88. The third kappa shape index (κ3) is 2.21. The van der Waals surface area contributed by atoms with Gasteiger partial charge in [-0.3, -0.25) is 0 Å². The summed E-state index contributed by atoms with van der Waals surface area (Å²) in [6.07, 6.45) is 0. The zero-order valence-electron chi connectivity index (χ0n) is 12.4. The van der Waals surface area contributed by atoms with Gasteiger partial charge in [0.2, 0.25) is 0 Å². The predicted molar refractivity (Wildman–Crippen MR) is 84.1 cm³/mol. The highest BCUT2D eigenvalue weighted by Gasteiger charge is 2.16. The van der Waals surface area contributed by atoms with Crippen LogP contribution in [0.25, 0.3) is 16.5 Å². The second-order valence-corrected chi connectivity index (χ2v) is 5.14. The maximum absolute atomic E-state index is 11.8. The number of ether oxygens (including phenoxy) is 1. The number of nitrogens with zero attached hydrogens (tertiary/aromatic N) is 1. The van der Waals surface area contributed by atoms with Crippen molar-refractivity contribution in [3.63, 3.8) is 0 Å². The Morgan fingerprint density at radius 1 is 1.00 bits per heavy atom. The molecule has 0 aliphatic rings. The minimum absolute atomic E-state index is 0.296. The molecule has 0 saturated carbocycles. The molecule has 3 nitrogen and oxygen atoms in total. The van der Waals surface area contributed by atoms with E-state index in [-0.39, 0.29) is 5.97 Å². The zero-order valence-corrected chi connectivity index (χ0v) is 12.4. The van der Waals surface area contributed by atoms with E-state index in [1.807, 2.05) is 32.0 Å². The van der Waals surface area contributed by atoms with Gasteiger partial charge in [0.25, 0.3) is 0 Å². The van der Waals surface area contributed by atoms with E-state index >= 15 is 0 Å². The number of fused-ring (bicyclic) bond motifs is 1. The molecule has 0 N–H and O–H groups in total. The van der Waals surface area contributed by atoms with Crippen LogP contribution in [0.3, 0.4) is 0 Å². The predicted octanol–water partition coefficient (Wildman–Crippen LogP) is 4.03. The smallest absolute Gasteiger partial charge is 0.339 e. The van der Waals surface area contributed by atoms with E-state index in [0.29, 0.717) is 5.56 Å². The molecule has 2 aromatic carbocycles. The maximum Gasteiger partial charge on any atom is 0.339 e. The molecular formula is C18H17NO2. The topological polar surface area (TPSA) is 31.2 Å². The standard InChI is InChI=1S/C18H17NO2/c1-12-10-17(18(20)21-3)13(2)19(12)16-9-8-14-6-4-5-7-15(14)11-16/h4-11H,1-3H3. The quantitative estimate of drug-likeness (QED) is 0.663. The van der Waals surface area contributed by atoms with Gasteiger partial charge in [0, 0.05) is 17.1 Å². The van der Waals surface area contributed by atoms with Crippen LogP contribution in [0, 0.1) is 13.8 Å². The number of hydrogen-bond acceptors (Lipinski definition) is 2. The lowest BCUT2D eigenvalue weighted by molar-refractivity contribution is 0.0600. The van der Waals surface area contributed by atoms with Gasteiger partial charge in [0.1, 0.15) is 0 Å². The van der Waals surface area contributed by atoms with Gasteiger partial charge >= 0.3 is 5.97 Å². The summed E-state index contributed by atoms with van der Waals surface area (Å²) in [5.74, 6) is -0.296. The molecule has 0 unspecified atom stereocenters. The molecule has 3 heteroatoms. The fraction of sp³-hybridized carbons (Fsp3) is 0.167. The fourth-order valence-corrected chi connectivity index (χ4v) is 2.79. The molecule has 106 valence electrons. The molecule has 1 heterocycles. The summed E-state index contributed by atoms with van der Waals surface area (Å²) in [7, 11) is 1.41. The van der Waals surface area contributed by atoms with Crippen molar-refractivity contribution in [1.82, 2.24) is 4.57 Å². The van der Waals surface area contributed by atoms with Crippen LogP contribution in [0.4, 0.5) is 0 Å². The van der Waals surface area contributed by atoms with Gasteiger partial charge in [-0.15, -0.1) is 0 Å². The number of carbonyl (C=O) groups excluding carboxylic acids is 1. The molecule has 0 aliphatic heterocycles. The van der Waals surface area contributed by atoms with E-state index < -0.39 is 0 Å². The molecule has 0 amide bonds. The van der Waals surface area contributed by atoms with Crippen LogP contribution < -0.4 is 0 Å². The number of carbonyl (C=O) groups is 1. The van der Waals surface area contributed by atoms with E-state index in [2.05, 4.69) is 34.9 Å². The third-order valence-electron chi connectivity index (χ3n) is 3.83. The molecule has 0 fully saturated rings. The van der Waals surface area contributed by atoms with Crippen molar-refractivity contribution in [3.8, 4) is 5.69 Å². The highest BCUT2D eigenvalue weighted by Crippen LogP contribution is 2.24. The number of hydrogen-bond donors (Lipinski definition) is 0. The van der Waals surface area contributed by atoms with E-state index in [4.69, 9.17) is 4.74 Å². The van der Waals surface area contributed by atoms with Gasteiger partial charge in [-0.05, 0) is 42.8 Å². The summed E-state index contributed by atoms with van der Waals surface area (Å²) in [5, 5.41) is 2.39. The monoisotopic (exact) mass is 279 g/mol. The van der Waals surface area contributed by atoms with Crippen LogP contribution in [0.1, 0.15) is 21.7 Å². The van der Waals surface area contributed by atoms with Crippen molar-refractivity contribution in [3.05, 3.63) is 65.5 Å². The van der Waals surface area contributed by atoms with E-state index in [9.17, 15) is 4.79 Å². The van der Waals surface area contributed by atoms with Crippen molar-refractivity contribution in [2.75, 3.05) is 7.11 Å². The van der Waals surface area contributed by atoms with Crippen LogP contribution in [-0.4, -0.2) is 17.6 Å². The minimum Gasteiger partial charge on any atom is -0.465 e. The van der Waals surface area contributed by atoms with Crippen LogP contribution in [0.15, 0.2) is 48.5 Å². The number of methoxy groups -OCH3 is 1. The fourth-order valence-electron chi connectivity index (χ4n) is 2.79. The first kappa shape index (κ1) is 13.4. The van der Waals surface area contributed by atoms with E-state index in [1.54, 1.807) is 0 Å². The SMILES string of the molecule is COC(=O)c1cc(C)n(-c2ccc3ccccc3c2)c1C. The largest absolute Gasteiger partial charge is 0.465 e. The summed E-state index contributed by atoms with van der Waals surface area (Å²) in [6, 6.07) is 16.4. The van der Waals surface area contributed by atoms with Crippen LogP contribution in [0.2, 0.25) is 0 Å². The van der Waals surface area contributed by atoms with Crippen LogP contribution in [0.5, 0.6) is 0 Å². The number of rotatable bonds is 2. The van der Waals surface area contributed by atoms with E-state index in [0.717, 1.165) is 17.1 Å². The zero-order chi connectivity index (χ0) is 15.0. The minimum atomic E-state index is -0.296. The van der Waals surface area contributed by atoms with Crippen molar-refractivity contribution >= 4 is 16.7 Å². The van der Waals surface area contributed by atoms with Crippen molar-refractivity contribution < 1.29 is 9.53 Å². The van der Waals surface area contributed by atoms with Gasteiger partial charge in [-0.2, -0.15) is 0 Å². The molecule has 3 rings (SSSR count). The van der Waals surface area contributed by atoms with Crippen molar-refractivity contribution in [2.24, 2.45) is 0 Å². The third-order valence-corrected chi connectivity index (χ3v) is 3.83. The second-order valence-electron chi connectivity index (χ2n) is 5.14. The lowest BCUT2D eigenvalue weighted by atomic mass is 10.1. The maximum atomic E-state index is 11.8. The van der Waals surface area contributed by atoms with Crippen molar-refractivity contribution in [2.45, 2.75) is 13.8 Å². The molecular weight excluding hydrogens is 262 g/mol. The summed E-state index contributed by atoms with van der Waals surface area (Å²) in [5.41, 5.74) is 3.58. The highest BCUT2D eigenvalue weighted by atomic mass is 16.5. The average molecular weight is 279 g/mol. The summed E-state index contributed by atoms with van der Waals surface area (Å²) in [6.45, 7) is 3.93. The Balaban J connectivity index is 2.18. The number of benzene rings is 2. The van der Waals surface area contributed by atoms with Crippen LogP contribution >= 0.6 is 0 Å². The van der Waals surface area contributed by atoms with Gasteiger partial charge in [0.15, 0.2) is 0 Å². The second kappa shape index (κ2) is 5.09. The Kier molecular flexibility index (Phi) is 3.26. The molecule has 0 atom stereocenters. The molecule has 0 spiro atoms. The molecule has 0 radical (unpaired) electrons. The van der Waals surface area contributed by atoms with Gasteiger partial charge in [-0.1, -0.05) is 30.3 Å². The molecule has 1 aromatic heterocycles. The normalized spacial score (nSPS) is 10.8. The lowest BCUT2D eigenvalue weighted by Crippen LogP contribution is -2.04. The Hall–Kier alpha value is -2.55. The highest BCUT2D eigenvalue weighted by molar-refractivity contribution is 5.91. The summed E-state index contributed by atoms with van der Waals surface area (Å²) < 4.78 is 6.92. The Labute approximate surface area is 123 Å². The lowest BCUT2D eigenvalue weighted by Gasteiger charge is -2.11. The van der Waals surface area contributed by atoms with Crippen molar-refractivity contribution in [1.29, 1.82) is 0 Å². The number of aromatic nitrogens is 1. The number of aryl methyl sites for hydroxylation is 1. The summed E-state index contributed by atoms with van der Waals surface area (Å²) >= 11 is 0. The van der Waals surface area contributed by atoms with Gasteiger partial charge < -0.3 is 9.30 Å². The molecule has 0 aliphatic carbocycles. The molecule has 3 aromatic rings. The van der Waals surface area contributed by atoms with Gasteiger partial charge in [-0.25, -0.2) is 4.79 Å². The first-order chi connectivity index (χ1) is 10.1.